The number of carbonyl (C=O) groups excluding carboxylic acids is 1. The molecule has 3 N–H and O–H groups in total. The van der Waals surface area contributed by atoms with Crippen LogP contribution in [0.25, 0.3) is 0 Å². The average Bonchev–Trinajstić information content (AvgIpc) is 2.44. The van der Waals surface area contributed by atoms with Crippen LogP contribution >= 0.6 is 0 Å². The molecule has 0 aromatic carbocycles. The quantitative estimate of drug-likeness (QED) is 0.573. The Labute approximate surface area is 120 Å². The Bertz CT molecular complexity index is 314. The fourth-order valence-electron chi connectivity index (χ4n) is 2.52. The third kappa shape index (κ3) is 5.88. The van der Waals surface area contributed by atoms with E-state index in [2.05, 4.69) is 10.6 Å². The average molecular weight is 286 g/mol. The van der Waals surface area contributed by atoms with E-state index in [4.69, 9.17) is 9.84 Å². The van der Waals surface area contributed by atoms with Crippen molar-refractivity contribution in [2.24, 2.45) is 5.92 Å². The fraction of sp³-hybridized carbons (Fsp3) is 0.857. The van der Waals surface area contributed by atoms with Gasteiger partial charge < -0.3 is 20.5 Å². The van der Waals surface area contributed by atoms with Crippen LogP contribution in [0.4, 0.5) is 0 Å². The minimum Gasteiger partial charge on any atom is -0.481 e. The Morgan fingerprint density at radius 2 is 1.95 bits per heavy atom. The van der Waals surface area contributed by atoms with Gasteiger partial charge >= 0.3 is 5.97 Å². The maximum absolute atomic E-state index is 11.8. The van der Waals surface area contributed by atoms with Crippen LogP contribution in [0.5, 0.6) is 0 Å². The van der Waals surface area contributed by atoms with Crippen LogP contribution in [0.3, 0.4) is 0 Å². The summed E-state index contributed by atoms with van der Waals surface area (Å²) in [6.45, 7) is 3.10. The fourth-order valence-corrected chi connectivity index (χ4v) is 2.52. The molecule has 0 heterocycles. The minimum atomic E-state index is -0.701. The monoisotopic (exact) mass is 286 g/mol. The summed E-state index contributed by atoms with van der Waals surface area (Å²) < 4.78 is 4.92. The van der Waals surface area contributed by atoms with Crippen molar-refractivity contribution in [3.63, 3.8) is 0 Å². The van der Waals surface area contributed by atoms with E-state index in [0.717, 1.165) is 19.3 Å². The first kappa shape index (κ1) is 16.9. The number of carboxylic acid groups (broad SMARTS) is 1. The van der Waals surface area contributed by atoms with E-state index in [1.165, 1.54) is 0 Å². The van der Waals surface area contributed by atoms with Crippen LogP contribution in [0.15, 0.2) is 0 Å². The first-order valence-corrected chi connectivity index (χ1v) is 7.30. The lowest BCUT2D eigenvalue weighted by Crippen LogP contribution is -2.48. The van der Waals surface area contributed by atoms with Gasteiger partial charge in [0, 0.05) is 26.3 Å². The highest BCUT2D eigenvalue weighted by molar-refractivity contribution is 5.81. The molecule has 6 nitrogen and oxygen atoms in total. The normalized spacial score (nSPS) is 24.1. The Hall–Kier alpha value is -1.14. The molecule has 1 unspecified atom stereocenters. The molecule has 0 aromatic heterocycles. The zero-order chi connectivity index (χ0) is 15.0. The third-order valence-corrected chi connectivity index (χ3v) is 3.78. The largest absolute Gasteiger partial charge is 0.481 e. The number of carboxylic acids is 1. The summed E-state index contributed by atoms with van der Waals surface area (Å²) >= 11 is 0. The number of amides is 1. The van der Waals surface area contributed by atoms with Gasteiger partial charge in [0.15, 0.2) is 0 Å². The van der Waals surface area contributed by atoms with Gasteiger partial charge in [-0.1, -0.05) is 0 Å². The zero-order valence-corrected chi connectivity index (χ0v) is 12.4. The standard InChI is InChI=1S/C14H26N2O4/c1-10(13(17)15-8-3-9-20-2)16-12-6-4-11(5-7-12)14(18)19/h10-12,16H,3-9H2,1-2H3,(H,15,17)(H,18,19). The molecule has 0 aliphatic heterocycles. The second kappa shape index (κ2) is 8.92. The molecule has 1 amide bonds. The van der Waals surface area contributed by atoms with E-state index in [-0.39, 0.29) is 23.9 Å². The van der Waals surface area contributed by atoms with E-state index in [1.807, 2.05) is 6.92 Å². The van der Waals surface area contributed by atoms with Gasteiger partial charge in [-0.3, -0.25) is 9.59 Å². The molecule has 6 heteroatoms. The first-order valence-electron chi connectivity index (χ1n) is 7.30. The molecule has 1 atom stereocenters. The predicted molar refractivity (Wildman–Crippen MR) is 75.5 cm³/mol. The summed E-state index contributed by atoms with van der Waals surface area (Å²) in [5.74, 6) is -0.930. The van der Waals surface area contributed by atoms with E-state index in [0.29, 0.717) is 26.0 Å². The van der Waals surface area contributed by atoms with Crippen LogP contribution in [0.1, 0.15) is 39.0 Å². The maximum atomic E-state index is 11.8. The SMILES string of the molecule is COCCCNC(=O)C(C)NC1CCC(C(=O)O)CC1. The van der Waals surface area contributed by atoms with Gasteiger partial charge in [0.2, 0.25) is 5.91 Å². The van der Waals surface area contributed by atoms with Gasteiger partial charge in [-0.25, -0.2) is 0 Å². The van der Waals surface area contributed by atoms with Crippen LogP contribution in [0, 0.1) is 5.92 Å². The summed E-state index contributed by atoms with van der Waals surface area (Å²) in [5.41, 5.74) is 0. The van der Waals surface area contributed by atoms with E-state index in [1.54, 1.807) is 7.11 Å². The number of carbonyl (C=O) groups is 2. The van der Waals surface area contributed by atoms with Crippen molar-refractivity contribution in [2.75, 3.05) is 20.3 Å². The van der Waals surface area contributed by atoms with Gasteiger partial charge in [0.1, 0.15) is 0 Å². The lowest BCUT2D eigenvalue weighted by atomic mass is 9.86. The number of hydrogen-bond acceptors (Lipinski definition) is 4. The van der Waals surface area contributed by atoms with Gasteiger partial charge in [-0.05, 0) is 39.0 Å². The lowest BCUT2D eigenvalue weighted by Gasteiger charge is -2.29. The summed E-state index contributed by atoms with van der Waals surface area (Å²) in [6, 6.07) is -0.00533. The van der Waals surface area contributed by atoms with Gasteiger partial charge in [0.05, 0.1) is 12.0 Å². The van der Waals surface area contributed by atoms with Crippen LogP contribution < -0.4 is 10.6 Å². The van der Waals surface area contributed by atoms with E-state index in [9.17, 15) is 9.59 Å². The number of methoxy groups -OCH3 is 1. The van der Waals surface area contributed by atoms with Crippen molar-refractivity contribution in [1.29, 1.82) is 0 Å². The molecule has 0 saturated heterocycles. The lowest BCUT2D eigenvalue weighted by molar-refractivity contribution is -0.143. The molecule has 0 spiro atoms. The molecule has 20 heavy (non-hydrogen) atoms. The van der Waals surface area contributed by atoms with Crippen molar-refractivity contribution in [3.8, 4) is 0 Å². The Morgan fingerprint density at radius 3 is 2.50 bits per heavy atom. The molecule has 0 aromatic rings. The summed E-state index contributed by atoms with van der Waals surface area (Å²) in [4.78, 5) is 22.7. The molecular weight excluding hydrogens is 260 g/mol. The minimum absolute atomic E-state index is 0.0125. The van der Waals surface area contributed by atoms with E-state index < -0.39 is 5.97 Å². The van der Waals surface area contributed by atoms with Crippen molar-refractivity contribution < 1.29 is 19.4 Å². The number of hydrogen-bond donors (Lipinski definition) is 3. The summed E-state index contributed by atoms with van der Waals surface area (Å²) in [7, 11) is 1.64. The number of nitrogens with one attached hydrogen (secondary N) is 2. The smallest absolute Gasteiger partial charge is 0.306 e. The highest BCUT2D eigenvalue weighted by Gasteiger charge is 2.27. The molecule has 116 valence electrons. The molecule has 1 fully saturated rings. The van der Waals surface area contributed by atoms with Crippen LogP contribution in [-0.2, 0) is 14.3 Å². The second-order valence-corrected chi connectivity index (χ2v) is 5.41. The molecular formula is C14H26N2O4. The summed E-state index contributed by atoms with van der Waals surface area (Å²) in [6.07, 6.45) is 3.82. The van der Waals surface area contributed by atoms with Crippen molar-refractivity contribution in [2.45, 2.75) is 51.1 Å². The Morgan fingerprint density at radius 1 is 1.30 bits per heavy atom. The molecule has 1 rings (SSSR count). The van der Waals surface area contributed by atoms with Crippen molar-refractivity contribution in [1.82, 2.24) is 10.6 Å². The highest BCUT2D eigenvalue weighted by atomic mass is 16.5. The van der Waals surface area contributed by atoms with Gasteiger partial charge in [0.25, 0.3) is 0 Å². The highest BCUT2D eigenvalue weighted by Crippen LogP contribution is 2.24. The number of aliphatic carboxylic acids is 1. The molecule has 0 bridgehead atoms. The topological polar surface area (TPSA) is 87.7 Å². The number of ether oxygens (including phenoxy) is 1. The molecule has 1 aliphatic rings. The first-order chi connectivity index (χ1) is 9.54. The predicted octanol–water partition coefficient (Wildman–Crippen LogP) is 0.761. The molecule has 1 aliphatic carbocycles. The Kier molecular flexibility index (Phi) is 7.54. The van der Waals surface area contributed by atoms with Crippen LogP contribution in [0.2, 0.25) is 0 Å². The zero-order valence-electron chi connectivity index (χ0n) is 12.4. The Balaban J connectivity index is 2.20. The second-order valence-electron chi connectivity index (χ2n) is 5.41. The van der Waals surface area contributed by atoms with Gasteiger partial charge in [-0.15, -0.1) is 0 Å². The third-order valence-electron chi connectivity index (χ3n) is 3.78. The molecule has 1 saturated carbocycles. The van der Waals surface area contributed by atoms with Crippen molar-refractivity contribution >= 4 is 11.9 Å². The maximum Gasteiger partial charge on any atom is 0.306 e. The van der Waals surface area contributed by atoms with Crippen LogP contribution in [-0.4, -0.2) is 49.3 Å². The summed E-state index contributed by atoms with van der Waals surface area (Å²) in [5, 5.41) is 15.1. The molecule has 0 radical (unpaired) electrons. The van der Waals surface area contributed by atoms with E-state index >= 15 is 0 Å². The van der Waals surface area contributed by atoms with Crippen molar-refractivity contribution in [3.05, 3.63) is 0 Å². The number of rotatable bonds is 8. The van der Waals surface area contributed by atoms with Gasteiger partial charge in [-0.2, -0.15) is 0 Å².